The second-order valence-corrected chi connectivity index (χ2v) is 8.83. The van der Waals surface area contributed by atoms with Crippen LogP contribution in [-0.2, 0) is 14.8 Å². The number of piperidine rings is 1. The molecule has 0 spiro atoms. The van der Waals surface area contributed by atoms with Crippen LogP contribution in [0.15, 0.2) is 47.4 Å². The number of nitrogens with one attached hydrogen (secondary N) is 1. The van der Waals surface area contributed by atoms with Crippen molar-refractivity contribution in [1.82, 2.24) is 4.31 Å². The summed E-state index contributed by atoms with van der Waals surface area (Å²) < 4.78 is 32.2. The van der Waals surface area contributed by atoms with Crippen molar-refractivity contribution in [2.75, 3.05) is 25.5 Å². The molecule has 1 aliphatic rings. The summed E-state index contributed by atoms with van der Waals surface area (Å²) in [5.41, 5.74) is 1.20. The van der Waals surface area contributed by atoms with Crippen LogP contribution in [0.2, 0.25) is 0 Å². The maximum Gasteiger partial charge on any atom is 0.243 e. The normalized spacial score (nSPS) is 17.9. The van der Waals surface area contributed by atoms with E-state index in [0.717, 1.165) is 5.56 Å². The lowest BCUT2D eigenvalue weighted by molar-refractivity contribution is -0.120. The average molecular weight is 404 g/mol. The zero-order valence-corrected chi connectivity index (χ0v) is 16.7. The number of amides is 1. The molecule has 0 saturated carbocycles. The van der Waals surface area contributed by atoms with Crippen molar-refractivity contribution < 1.29 is 23.1 Å². The Morgan fingerprint density at radius 1 is 1.21 bits per heavy atom. The molecule has 150 valence electrons. The summed E-state index contributed by atoms with van der Waals surface area (Å²) >= 11 is 0. The number of phenols is 1. The number of benzene rings is 2. The van der Waals surface area contributed by atoms with Crippen molar-refractivity contribution in [3.05, 3.63) is 48.0 Å². The second-order valence-electron chi connectivity index (χ2n) is 6.89. The van der Waals surface area contributed by atoms with Gasteiger partial charge in [0.05, 0.1) is 23.6 Å². The van der Waals surface area contributed by atoms with Crippen LogP contribution in [0.3, 0.4) is 0 Å². The van der Waals surface area contributed by atoms with Gasteiger partial charge in [0.1, 0.15) is 11.5 Å². The van der Waals surface area contributed by atoms with Gasteiger partial charge >= 0.3 is 0 Å². The lowest BCUT2D eigenvalue weighted by Gasteiger charge is -2.31. The Balaban J connectivity index is 1.72. The molecule has 0 radical (unpaired) electrons. The van der Waals surface area contributed by atoms with Gasteiger partial charge in [-0.15, -0.1) is 0 Å². The van der Waals surface area contributed by atoms with Gasteiger partial charge in [0.25, 0.3) is 0 Å². The fraction of sp³-hybridized carbons (Fsp3) is 0.350. The highest BCUT2D eigenvalue weighted by Crippen LogP contribution is 2.28. The maximum atomic E-state index is 12.9. The molecule has 28 heavy (non-hydrogen) atoms. The Bertz CT molecular complexity index is 957. The summed E-state index contributed by atoms with van der Waals surface area (Å²) in [6.07, 6.45) is 1.18. The molecule has 1 atom stereocenters. The van der Waals surface area contributed by atoms with E-state index in [2.05, 4.69) is 5.32 Å². The number of ether oxygens (including phenoxy) is 1. The number of rotatable bonds is 5. The number of sulfonamides is 1. The van der Waals surface area contributed by atoms with Crippen LogP contribution in [0.5, 0.6) is 11.5 Å². The summed E-state index contributed by atoms with van der Waals surface area (Å²) in [6.45, 7) is 2.31. The highest BCUT2D eigenvalue weighted by Gasteiger charge is 2.33. The monoisotopic (exact) mass is 404 g/mol. The number of aryl methyl sites for hydroxylation is 1. The molecule has 0 aliphatic carbocycles. The van der Waals surface area contributed by atoms with E-state index in [1.807, 2.05) is 6.92 Å². The Morgan fingerprint density at radius 2 is 1.93 bits per heavy atom. The van der Waals surface area contributed by atoms with E-state index in [4.69, 9.17) is 4.74 Å². The van der Waals surface area contributed by atoms with E-state index >= 15 is 0 Å². The van der Waals surface area contributed by atoms with E-state index in [9.17, 15) is 18.3 Å². The highest BCUT2D eigenvalue weighted by atomic mass is 32.2. The van der Waals surface area contributed by atoms with Crippen molar-refractivity contribution in [1.29, 1.82) is 0 Å². The molecule has 1 heterocycles. The molecule has 0 aromatic heterocycles. The van der Waals surface area contributed by atoms with Crippen molar-refractivity contribution >= 4 is 21.6 Å². The number of anilines is 1. The number of carbonyl (C=O) groups is 1. The molecule has 0 bridgehead atoms. The topological polar surface area (TPSA) is 95.9 Å². The maximum absolute atomic E-state index is 12.9. The molecule has 0 unspecified atom stereocenters. The fourth-order valence-corrected chi connectivity index (χ4v) is 4.78. The summed E-state index contributed by atoms with van der Waals surface area (Å²) in [6, 6.07) is 11.2. The van der Waals surface area contributed by atoms with Crippen LogP contribution in [0.1, 0.15) is 18.4 Å². The molecule has 1 fully saturated rings. The third-order valence-electron chi connectivity index (χ3n) is 4.86. The first kappa shape index (κ1) is 20.2. The van der Waals surface area contributed by atoms with Gasteiger partial charge in [-0.3, -0.25) is 4.79 Å². The molecule has 8 heteroatoms. The number of aromatic hydroxyl groups is 1. The van der Waals surface area contributed by atoms with Gasteiger partial charge < -0.3 is 15.2 Å². The van der Waals surface area contributed by atoms with E-state index < -0.39 is 15.9 Å². The summed E-state index contributed by atoms with van der Waals surface area (Å²) in [5.74, 6) is -0.212. The van der Waals surface area contributed by atoms with E-state index in [1.54, 1.807) is 30.3 Å². The second kappa shape index (κ2) is 8.20. The van der Waals surface area contributed by atoms with Gasteiger partial charge in [0, 0.05) is 13.1 Å². The van der Waals surface area contributed by atoms with Crippen LogP contribution in [0.25, 0.3) is 0 Å². The lowest BCUT2D eigenvalue weighted by Crippen LogP contribution is -2.43. The van der Waals surface area contributed by atoms with Gasteiger partial charge in [0.2, 0.25) is 15.9 Å². The minimum atomic E-state index is -3.69. The fourth-order valence-electron chi connectivity index (χ4n) is 3.25. The Labute approximate surface area is 165 Å². The van der Waals surface area contributed by atoms with E-state index in [1.165, 1.54) is 23.5 Å². The lowest BCUT2D eigenvalue weighted by atomic mass is 9.98. The number of methoxy groups -OCH3 is 1. The highest BCUT2D eigenvalue weighted by molar-refractivity contribution is 7.89. The molecule has 1 aliphatic heterocycles. The summed E-state index contributed by atoms with van der Waals surface area (Å²) in [7, 11) is -2.17. The van der Waals surface area contributed by atoms with Crippen LogP contribution < -0.4 is 10.1 Å². The minimum Gasteiger partial charge on any atom is -0.506 e. The third-order valence-corrected chi connectivity index (χ3v) is 6.74. The zero-order valence-electron chi connectivity index (χ0n) is 15.9. The Hall–Kier alpha value is -2.58. The summed E-state index contributed by atoms with van der Waals surface area (Å²) in [4.78, 5) is 12.8. The molecule has 2 aromatic rings. The zero-order chi connectivity index (χ0) is 20.3. The molecular formula is C20H24N2O5S. The number of carbonyl (C=O) groups excluding carboxylic acids is 1. The molecule has 2 aromatic carbocycles. The largest absolute Gasteiger partial charge is 0.506 e. The van der Waals surface area contributed by atoms with Crippen LogP contribution in [0, 0.1) is 12.8 Å². The quantitative estimate of drug-likeness (QED) is 0.747. The van der Waals surface area contributed by atoms with Crippen molar-refractivity contribution in [3.8, 4) is 11.5 Å². The Kier molecular flexibility index (Phi) is 5.90. The number of nitrogens with zero attached hydrogens (tertiary/aromatic N) is 1. The first-order valence-corrected chi connectivity index (χ1v) is 10.5. The van der Waals surface area contributed by atoms with Crippen LogP contribution >= 0.6 is 0 Å². The van der Waals surface area contributed by atoms with Crippen LogP contribution in [-0.4, -0.2) is 43.9 Å². The molecule has 7 nitrogen and oxygen atoms in total. The first-order chi connectivity index (χ1) is 13.3. The predicted molar refractivity (Wildman–Crippen MR) is 106 cm³/mol. The smallest absolute Gasteiger partial charge is 0.243 e. The first-order valence-electron chi connectivity index (χ1n) is 9.06. The number of hydrogen-bond donors (Lipinski definition) is 2. The van der Waals surface area contributed by atoms with Gasteiger partial charge in [-0.25, -0.2) is 8.42 Å². The van der Waals surface area contributed by atoms with E-state index in [-0.39, 0.29) is 23.1 Å². The molecule has 1 saturated heterocycles. The summed E-state index contributed by atoms with van der Waals surface area (Å²) in [5, 5.41) is 12.7. The SMILES string of the molecule is COc1ccc(S(=O)(=O)N2CCC[C@H](C(=O)Nc3ccc(C)cc3O)C2)cc1. The Morgan fingerprint density at radius 3 is 2.57 bits per heavy atom. The van der Waals surface area contributed by atoms with Gasteiger partial charge in [-0.1, -0.05) is 6.07 Å². The molecule has 3 rings (SSSR count). The van der Waals surface area contributed by atoms with Gasteiger partial charge in [-0.05, 0) is 61.7 Å². The molecular weight excluding hydrogens is 380 g/mol. The third kappa shape index (κ3) is 4.28. The average Bonchev–Trinajstić information content (AvgIpc) is 2.70. The number of phenolic OH excluding ortho intramolecular Hbond substituents is 1. The van der Waals surface area contributed by atoms with Crippen molar-refractivity contribution in [2.24, 2.45) is 5.92 Å². The van der Waals surface area contributed by atoms with Crippen LogP contribution in [0.4, 0.5) is 5.69 Å². The minimum absolute atomic E-state index is 0.00753. The predicted octanol–water partition coefficient (Wildman–Crippen LogP) is 2.75. The van der Waals surface area contributed by atoms with Crippen molar-refractivity contribution in [2.45, 2.75) is 24.7 Å². The van der Waals surface area contributed by atoms with Crippen molar-refractivity contribution in [3.63, 3.8) is 0 Å². The van der Waals surface area contributed by atoms with E-state index in [0.29, 0.717) is 30.8 Å². The van der Waals surface area contributed by atoms with Gasteiger partial charge in [-0.2, -0.15) is 4.31 Å². The molecule has 2 N–H and O–H groups in total. The molecule has 1 amide bonds. The standard InChI is InChI=1S/C20H24N2O5S/c1-14-5-10-18(19(23)12-14)21-20(24)15-4-3-11-22(13-15)28(25,26)17-8-6-16(27-2)7-9-17/h5-10,12,15,23H,3-4,11,13H2,1-2H3,(H,21,24)/t15-/m0/s1. The number of hydrogen-bond acceptors (Lipinski definition) is 5. The van der Waals surface area contributed by atoms with Gasteiger partial charge in [0.15, 0.2) is 0 Å².